The third kappa shape index (κ3) is 7.29. The fraction of sp³-hybridized carbons (Fsp3) is 0.370. The van der Waals surface area contributed by atoms with Crippen molar-refractivity contribution >= 4 is 44.3 Å². The van der Waals surface area contributed by atoms with E-state index in [2.05, 4.69) is 19.9 Å². The lowest BCUT2D eigenvalue weighted by Gasteiger charge is -2.31. The third-order valence-corrected chi connectivity index (χ3v) is 9.20. The van der Waals surface area contributed by atoms with Crippen molar-refractivity contribution in [1.29, 1.82) is 0 Å². The molecular weight excluding hydrogens is 552 g/mol. The van der Waals surface area contributed by atoms with Crippen molar-refractivity contribution in [3.63, 3.8) is 0 Å². The Morgan fingerprint density at radius 2 is 1.82 bits per heavy atom. The number of nitrogens with one attached hydrogen (secondary N) is 2. The number of carbonyl (C=O) groups is 2. The van der Waals surface area contributed by atoms with Crippen LogP contribution in [0.15, 0.2) is 59.6 Å². The maximum atomic E-state index is 13.7. The molecule has 3 aromatic rings. The zero-order valence-electron chi connectivity index (χ0n) is 22.6. The van der Waals surface area contributed by atoms with Crippen LogP contribution in [0.3, 0.4) is 0 Å². The van der Waals surface area contributed by atoms with E-state index in [0.29, 0.717) is 42.1 Å². The van der Waals surface area contributed by atoms with E-state index in [1.54, 1.807) is 39.1 Å². The van der Waals surface area contributed by atoms with Crippen LogP contribution in [0.5, 0.6) is 0 Å². The van der Waals surface area contributed by atoms with Crippen LogP contribution in [0, 0.1) is 0 Å². The number of carbonyl (C=O) groups excluding carboxylic acids is 1. The number of hydrogen-bond donors (Lipinski definition) is 4. The molecule has 0 radical (unpaired) electrons. The largest absolute Gasteiger partial charge is 0.465 e. The smallest absolute Gasteiger partial charge is 0.404 e. The number of amides is 3. The van der Waals surface area contributed by atoms with Gasteiger partial charge in [-0.2, -0.15) is 0 Å². The van der Waals surface area contributed by atoms with Gasteiger partial charge in [0.1, 0.15) is 0 Å². The lowest BCUT2D eigenvalue weighted by atomic mass is 10.1. The Bertz CT molecular complexity index is 1460. The number of primary amides is 1. The first kappa shape index (κ1) is 29.3. The van der Waals surface area contributed by atoms with Gasteiger partial charge in [-0.1, -0.05) is 47.7 Å². The van der Waals surface area contributed by atoms with Crippen LogP contribution in [0.2, 0.25) is 0 Å². The first-order valence-electron chi connectivity index (χ1n) is 12.8. The molecule has 1 saturated heterocycles. The Hall–Kier alpha value is -3.68. The topological polar surface area (TPSA) is 158 Å². The fourth-order valence-corrected chi connectivity index (χ4v) is 7.28. The molecule has 11 nitrogen and oxygen atoms in total. The van der Waals surface area contributed by atoms with E-state index in [0.717, 1.165) is 10.7 Å². The SMILES string of the molecule is CC(C)(C)NS(=O)(=O)c1cc(N(Cc2ccccc2)C(N)=O)ccc1-c1cnc(N2CCC(NC(=O)O)CC2)s1. The van der Waals surface area contributed by atoms with Gasteiger partial charge >= 0.3 is 12.1 Å². The number of aromatic nitrogens is 1. The number of thiazole rings is 1. The fourth-order valence-electron chi connectivity index (χ4n) is 4.55. The Kier molecular flexibility index (Phi) is 8.66. The van der Waals surface area contributed by atoms with E-state index in [4.69, 9.17) is 10.8 Å². The summed E-state index contributed by atoms with van der Waals surface area (Å²) >= 11 is 1.36. The number of nitrogens with two attached hydrogens (primary N) is 1. The molecule has 1 aliphatic rings. The van der Waals surface area contributed by atoms with E-state index < -0.39 is 27.7 Å². The molecule has 5 N–H and O–H groups in total. The van der Waals surface area contributed by atoms with Crippen LogP contribution >= 0.6 is 11.3 Å². The number of carboxylic acid groups (broad SMARTS) is 1. The minimum atomic E-state index is -4.01. The second kappa shape index (κ2) is 11.8. The van der Waals surface area contributed by atoms with Gasteiger partial charge in [-0.3, -0.25) is 4.90 Å². The molecule has 3 amide bonds. The number of benzene rings is 2. The Labute approximate surface area is 238 Å². The number of hydrogen-bond acceptors (Lipinski definition) is 7. The number of piperidine rings is 1. The molecule has 0 bridgehead atoms. The predicted octanol–water partition coefficient (Wildman–Crippen LogP) is 4.21. The summed E-state index contributed by atoms with van der Waals surface area (Å²) < 4.78 is 30.0. The highest BCUT2D eigenvalue weighted by molar-refractivity contribution is 7.89. The maximum Gasteiger partial charge on any atom is 0.404 e. The van der Waals surface area contributed by atoms with Crippen LogP contribution < -0.4 is 25.6 Å². The molecule has 214 valence electrons. The molecule has 2 aromatic carbocycles. The summed E-state index contributed by atoms with van der Waals surface area (Å²) in [6.45, 7) is 6.70. The summed E-state index contributed by atoms with van der Waals surface area (Å²) in [5.41, 5.74) is 6.63. The van der Waals surface area contributed by atoms with Gasteiger partial charge in [-0.05, 0) is 51.3 Å². The van der Waals surface area contributed by atoms with Crippen LogP contribution in [0.4, 0.5) is 20.4 Å². The first-order chi connectivity index (χ1) is 18.8. The van der Waals surface area contributed by atoms with Crippen LogP contribution in [0.1, 0.15) is 39.2 Å². The van der Waals surface area contributed by atoms with Gasteiger partial charge in [0.25, 0.3) is 0 Å². The Morgan fingerprint density at radius 3 is 2.42 bits per heavy atom. The van der Waals surface area contributed by atoms with E-state index in [-0.39, 0.29) is 17.5 Å². The van der Waals surface area contributed by atoms with Crippen molar-refractivity contribution in [2.24, 2.45) is 5.73 Å². The normalized spacial score (nSPS) is 14.6. The lowest BCUT2D eigenvalue weighted by molar-refractivity contribution is 0.187. The molecule has 4 rings (SSSR count). The van der Waals surface area contributed by atoms with Crippen LogP contribution in [0.25, 0.3) is 10.4 Å². The first-order valence-corrected chi connectivity index (χ1v) is 15.1. The van der Waals surface area contributed by atoms with Gasteiger partial charge in [0.05, 0.1) is 16.3 Å². The summed E-state index contributed by atoms with van der Waals surface area (Å²) in [4.78, 5) is 32.0. The number of nitrogens with zero attached hydrogens (tertiary/aromatic N) is 3. The molecule has 40 heavy (non-hydrogen) atoms. The highest BCUT2D eigenvalue weighted by atomic mass is 32.2. The van der Waals surface area contributed by atoms with Gasteiger partial charge in [0, 0.05) is 42.1 Å². The van der Waals surface area contributed by atoms with Crippen molar-refractivity contribution < 1.29 is 23.1 Å². The van der Waals surface area contributed by atoms with E-state index in [1.165, 1.54) is 22.3 Å². The monoisotopic (exact) mass is 586 g/mol. The molecule has 2 heterocycles. The molecule has 0 spiro atoms. The van der Waals surface area contributed by atoms with E-state index >= 15 is 0 Å². The van der Waals surface area contributed by atoms with Gasteiger partial charge < -0.3 is 21.1 Å². The number of anilines is 2. The Balaban J connectivity index is 1.69. The third-order valence-electron chi connectivity index (χ3n) is 6.31. The standard InChI is InChI=1S/C27H34N6O5S2/c1-27(2,3)31-40(37,38)23-15-20(33(24(28)34)17-18-7-5-4-6-8-18)9-10-21(23)22-16-29-25(39-22)32-13-11-19(12-14-32)30-26(35)36/h4-10,15-16,19,30-31H,11-14,17H2,1-3H3,(H2,28,34)(H,35,36). The number of urea groups is 1. The Morgan fingerprint density at radius 1 is 1.15 bits per heavy atom. The second-order valence-corrected chi connectivity index (χ2v) is 13.3. The van der Waals surface area contributed by atoms with Crippen molar-refractivity contribution in [3.8, 4) is 10.4 Å². The average molecular weight is 587 g/mol. The molecule has 0 aliphatic carbocycles. The van der Waals surface area contributed by atoms with E-state index in [9.17, 15) is 18.0 Å². The molecule has 0 saturated carbocycles. The predicted molar refractivity (Wildman–Crippen MR) is 156 cm³/mol. The quantitative estimate of drug-likeness (QED) is 0.308. The van der Waals surface area contributed by atoms with E-state index in [1.807, 2.05) is 30.3 Å². The van der Waals surface area contributed by atoms with Crippen molar-refractivity contribution in [2.45, 2.75) is 56.6 Å². The maximum absolute atomic E-state index is 13.7. The molecular formula is C27H34N6O5S2. The van der Waals surface area contributed by atoms with Gasteiger partial charge in [0.2, 0.25) is 10.0 Å². The lowest BCUT2D eigenvalue weighted by Crippen LogP contribution is -2.44. The minimum Gasteiger partial charge on any atom is -0.465 e. The average Bonchev–Trinajstić information content (AvgIpc) is 3.36. The highest BCUT2D eigenvalue weighted by Gasteiger charge is 2.29. The second-order valence-electron chi connectivity index (χ2n) is 10.7. The number of rotatable bonds is 8. The molecule has 0 atom stereocenters. The van der Waals surface area contributed by atoms with Gasteiger partial charge in [0.15, 0.2) is 5.13 Å². The summed E-state index contributed by atoms with van der Waals surface area (Å²) in [5.74, 6) is 0. The molecule has 1 aliphatic heterocycles. The zero-order chi connectivity index (χ0) is 29.1. The summed E-state index contributed by atoms with van der Waals surface area (Å²) in [5, 5.41) is 12.2. The number of sulfonamides is 1. The highest BCUT2D eigenvalue weighted by Crippen LogP contribution is 2.38. The van der Waals surface area contributed by atoms with Gasteiger partial charge in [-0.15, -0.1) is 0 Å². The molecule has 13 heteroatoms. The molecule has 1 fully saturated rings. The summed E-state index contributed by atoms with van der Waals surface area (Å²) in [6, 6.07) is 13.3. The van der Waals surface area contributed by atoms with Gasteiger partial charge in [-0.25, -0.2) is 27.7 Å². The van der Waals surface area contributed by atoms with Crippen LogP contribution in [-0.2, 0) is 16.6 Å². The summed E-state index contributed by atoms with van der Waals surface area (Å²) in [7, 11) is -4.01. The van der Waals surface area contributed by atoms with Crippen molar-refractivity contribution in [2.75, 3.05) is 22.9 Å². The molecule has 0 unspecified atom stereocenters. The van der Waals surface area contributed by atoms with Crippen LogP contribution in [-0.4, -0.2) is 55.3 Å². The van der Waals surface area contributed by atoms with Crippen molar-refractivity contribution in [1.82, 2.24) is 15.0 Å². The molecule has 1 aromatic heterocycles. The van der Waals surface area contributed by atoms with Crippen molar-refractivity contribution in [3.05, 3.63) is 60.3 Å². The summed E-state index contributed by atoms with van der Waals surface area (Å²) in [6.07, 6.45) is 1.91. The minimum absolute atomic E-state index is 0.0128. The zero-order valence-corrected chi connectivity index (χ0v) is 24.3.